The number of nitrogens with one attached hydrogen (secondary N) is 1. The average Bonchev–Trinajstić information content (AvgIpc) is 2.20. The maximum Gasteiger partial charge on any atom is 0.224 e. The fourth-order valence-electron chi connectivity index (χ4n) is 1.02. The second kappa shape index (κ2) is 5.00. The van der Waals surface area contributed by atoms with Crippen LogP contribution in [-0.4, -0.2) is 30.1 Å². The molecule has 0 saturated heterocycles. The lowest BCUT2D eigenvalue weighted by Crippen LogP contribution is -2.18. The van der Waals surface area contributed by atoms with Crippen LogP contribution in [0, 0.1) is 0 Å². The number of aromatic nitrogens is 2. The summed E-state index contributed by atoms with van der Waals surface area (Å²) in [4.78, 5) is 10.3. The summed E-state index contributed by atoms with van der Waals surface area (Å²) in [5.74, 6) is 1.38. The number of rotatable bonds is 4. The van der Waals surface area contributed by atoms with Gasteiger partial charge >= 0.3 is 0 Å². The van der Waals surface area contributed by atoms with Gasteiger partial charge in [-0.25, -0.2) is 4.98 Å². The third-order valence-electron chi connectivity index (χ3n) is 1.90. The van der Waals surface area contributed by atoms with Gasteiger partial charge in [-0.2, -0.15) is 4.98 Å². The largest absolute Gasteiger partial charge is 0.359 e. The summed E-state index contributed by atoms with van der Waals surface area (Å²) in [6, 6.07) is 0. The van der Waals surface area contributed by atoms with E-state index >= 15 is 0 Å². The molecule has 1 N–H and O–H groups in total. The molecule has 0 aliphatic carbocycles. The Bertz CT molecular complexity index is 303. The number of nitrogens with zero attached hydrogens (tertiary/aromatic N) is 3. The molecule has 0 spiro atoms. The van der Waals surface area contributed by atoms with Gasteiger partial charge in [0.25, 0.3) is 0 Å². The zero-order valence-corrected chi connectivity index (χ0v) is 9.47. The summed E-state index contributed by atoms with van der Waals surface area (Å²) in [6.07, 6.45) is 1.62. The second-order valence-electron chi connectivity index (χ2n) is 2.91. The lowest BCUT2D eigenvalue weighted by atomic mass is 10.5. The highest BCUT2D eigenvalue weighted by Gasteiger charge is 2.07. The van der Waals surface area contributed by atoms with Crippen molar-refractivity contribution in [3.63, 3.8) is 0 Å². The lowest BCUT2D eigenvalue weighted by molar-refractivity contribution is 0.927. The summed E-state index contributed by atoms with van der Waals surface area (Å²) in [7, 11) is 1.95. The Hall–Kier alpha value is -1.03. The molecule has 0 saturated carbocycles. The van der Waals surface area contributed by atoms with Crippen LogP contribution in [0.2, 0.25) is 5.02 Å². The number of halogens is 1. The van der Waals surface area contributed by atoms with E-state index < -0.39 is 0 Å². The molecule has 14 heavy (non-hydrogen) atoms. The fraction of sp³-hybridized carbons (Fsp3) is 0.556. The molecule has 0 unspecified atom stereocenters. The zero-order chi connectivity index (χ0) is 10.6. The van der Waals surface area contributed by atoms with Gasteiger partial charge in [-0.1, -0.05) is 11.6 Å². The van der Waals surface area contributed by atoms with Crippen LogP contribution in [0.3, 0.4) is 0 Å². The predicted octanol–water partition coefficient (Wildman–Crippen LogP) is 2.02. The van der Waals surface area contributed by atoms with Crippen LogP contribution in [0.4, 0.5) is 11.8 Å². The first-order valence-corrected chi connectivity index (χ1v) is 5.04. The summed E-state index contributed by atoms with van der Waals surface area (Å²) in [6.45, 7) is 5.71. The first kappa shape index (κ1) is 11.0. The van der Waals surface area contributed by atoms with Crippen LogP contribution in [-0.2, 0) is 0 Å². The van der Waals surface area contributed by atoms with Gasteiger partial charge < -0.3 is 10.2 Å². The van der Waals surface area contributed by atoms with Gasteiger partial charge in [-0.15, -0.1) is 0 Å². The molecule has 0 fully saturated rings. The van der Waals surface area contributed by atoms with Gasteiger partial charge in [-0.05, 0) is 13.8 Å². The third kappa shape index (κ3) is 2.48. The Balaban J connectivity index is 2.95. The normalized spacial score (nSPS) is 10.0. The van der Waals surface area contributed by atoms with Crippen molar-refractivity contribution in [2.75, 3.05) is 30.4 Å². The molecule has 1 aromatic heterocycles. The molecular formula is C9H15ClN4. The Morgan fingerprint density at radius 1 is 1.50 bits per heavy atom. The van der Waals surface area contributed by atoms with Crippen LogP contribution >= 0.6 is 11.6 Å². The Kier molecular flexibility index (Phi) is 3.95. The molecule has 0 atom stereocenters. The molecule has 0 aliphatic rings. The van der Waals surface area contributed by atoms with E-state index in [2.05, 4.69) is 15.3 Å². The average molecular weight is 215 g/mol. The molecule has 4 nitrogen and oxygen atoms in total. The lowest BCUT2D eigenvalue weighted by Gasteiger charge is -2.17. The topological polar surface area (TPSA) is 41.1 Å². The van der Waals surface area contributed by atoms with E-state index in [-0.39, 0.29) is 0 Å². The third-order valence-corrected chi connectivity index (χ3v) is 2.16. The van der Waals surface area contributed by atoms with Gasteiger partial charge in [0.2, 0.25) is 5.95 Å². The van der Waals surface area contributed by atoms with Crippen LogP contribution in [0.1, 0.15) is 13.8 Å². The van der Waals surface area contributed by atoms with Gasteiger partial charge in [0.1, 0.15) is 5.02 Å². The Labute approximate surface area is 89.3 Å². The first-order chi connectivity index (χ1) is 6.69. The number of hydrogen-bond donors (Lipinski definition) is 1. The highest BCUT2D eigenvalue weighted by molar-refractivity contribution is 6.32. The van der Waals surface area contributed by atoms with Crippen LogP contribution in [0.25, 0.3) is 0 Å². The molecule has 78 valence electrons. The quantitative estimate of drug-likeness (QED) is 0.833. The monoisotopic (exact) mass is 214 g/mol. The van der Waals surface area contributed by atoms with E-state index in [4.69, 9.17) is 11.6 Å². The zero-order valence-electron chi connectivity index (χ0n) is 8.71. The van der Waals surface area contributed by atoms with Crippen molar-refractivity contribution in [3.8, 4) is 0 Å². The van der Waals surface area contributed by atoms with E-state index in [1.807, 2.05) is 25.8 Å². The van der Waals surface area contributed by atoms with Gasteiger partial charge in [-0.3, -0.25) is 0 Å². The minimum atomic E-state index is 0.580. The van der Waals surface area contributed by atoms with E-state index in [1.165, 1.54) is 0 Å². The van der Waals surface area contributed by atoms with Crippen molar-refractivity contribution < 1.29 is 0 Å². The van der Waals surface area contributed by atoms with Crippen molar-refractivity contribution in [1.29, 1.82) is 0 Å². The summed E-state index contributed by atoms with van der Waals surface area (Å²) in [5.41, 5.74) is 0. The highest BCUT2D eigenvalue weighted by Crippen LogP contribution is 2.22. The smallest absolute Gasteiger partial charge is 0.224 e. The van der Waals surface area contributed by atoms with Crippen molar-refractivity contribution in [2.45, 2.75) is 13.8 Å². The predicted molar refractivity (Wildman–Crippen MR) is 60.1 cm³/mol. The number of anilines is 2. The molecule has 0 radical (unpaired) electrons. The summed E-state index contributed by atoms with van der Waals surface area (Å²) in [5, 5.41) is 3.63. The summed E-state index contributed by atoms with van der Waals surface area (Å²) >= 11 is 5.98. The minimum absolute atomic E-state index is 0.580. The molecule has 0 aromatic carbocycles. The standard InChI is InChI=1S/C9H15ClN4/c1-4-11-9-12-6-7(10)8(13-9)14(3)5-2/h6H,4-5H2,1-3H3,(H,11,12,13). The van der Waals surface area contributed by atoms with Crippen LogP contribution in [0.5, 0.6) is 0 Å². The van der Waals surface area contributed by atoms with Crippen molar-refractivity contribution >= 4 is 23.4 Å². The summed E-state index contributed by atoms with van der Waals surface area (Å²) < 4.78 is 0. The molecule has 0 amide bonds. The Morgan fingerprint density at radius 2 is 2.21 bits per heavy atom. The molecule has 5 heteroatoms. The van der Waals surface area contributed by atoms with E-state index in [0.29, 0.717) is 11.0 Å². The molecule has 1 rings (SSSR count). The minimum Gasteiger partial charge on any atom is -0.359 e. The first-order valence-electron chi connectivity index (χ1n) is 4.66. The molecular weight excluding hydrogens is 200 g/mol. The molecule has 1 heterocycles. The van der Waals surface area contributed by atoms with Crippen molar-refractivity contribution in [2.24, 2.45) is 0 Å². The molecule has 1 aromatic rings. The fourth-order valence-corrected chi connectivity index (χ4v) is 1.25. The molecule has 0 bridgehead atoms. The number of hydrogen-bond acceptors (Lipinski definition) is 4. The van der Waals surface area contributed by atoms with Crippen LogP contribution in [0.15, 0.2) is 6.20 Å². The van der Waals surface area contributed by atoms with Crippen molar-refractivity contribution in [1.82, 2.24) is 9.97 Å². The van der Waals surface area contributed by atoms with E-state index in [9.17, 15) is 0 Å². The van der Waals surface area contributed by atoms with Gasteiger partial charge in [0, 0.05) is 20.1 Å². The molecule has 0 aliphatic heterocycles. The Morgan fingerprint density at radius 3 is 2.79 bits per heavy atom. The maximum atomic E-state index is 5.98. The van der Waals surface area contributed by atoms with Gasteiger partial charge in [0.15, 0.2) is 5.82 Å². The van der Waals surface area contributed by atoms with Crippen LogP contribution < -0.4 is 10.2 Å². The highest BCUT2D eigenvalue weighted by atomic mass is 35.5. The van der Waals surface area contributed by atoms with E-state index in [0.717, 1.165) is 18.9 Å². The maximum absolute atomic E-state index is 5.98. The van der Waals surface area contributed by atoms with E-state index in [1.54, 1.807) is 6.20 Å². The second-order valence-corrected chi connectivity index (χ2v) is 3.32. The SMILES string of the molecule is CCNc1ncc(Cl)c(N(C)CC)n1. The van der Waals surface area contributed by atoms with Gasteiger partial charge in [0.05, 0.1) is 6.20 Å². The van der Waals surface area contributed by atoms with Crippen molar-refractivity contribution in [3.05, 3.63) is 11.2 Å².